The number of aryl methyl sites for hydroxylation is 2. The Morgan fingerprint density at radius 1 is 0.897 bits per heavy atom. The maximum atomic E-state index is 12.8. The zero-order chi connectivity index (χ0) is 20.7. The number of hydrogen-bond acceptors (Lipinski definition) is 5. The number of ketones is 2. The van der Waals surface area contributed by atoms with Crippen LogP contribution in [0.1, 0.15) is 43.4 Å². The average Bonchev–Trinajstić information content (AvgIpc) is 2.69. The fraction of sp³-hybridized carbons (Fsp3) is 0.136. The number of anilines is 1. The fourth-order valence-corrected chi connectivity index (χ4v) is 3.48. The van der Waals surface area contributed by atoms with Crippen molar-refractivity contribution in [2.75, 3.05) is 5.32 Å². The molecule has 7 nitrogen and oxygen atoms in total. The Labute approximate surface area is 166 Å². The van der Waals surface area contributed by atoms with Crippen LogP contribution in [0, 0.1) is 13.8 Å². The quantitative estimate of drug-likeness (QED) is 0.582. The first-order valence-electron chi connectivity index (χ1n) is 9.02. The van der Waals surface area contributed by atoms with Gasteiger partial charge in [-0.15, -0.1) is 0 Å². The molecule has 0 fully saturated rings. The molecule has 1 amide bonds. The monoisotopic (exact) mass is 387 g/mol. The number of hydrogen-bond donors (Lipinski definition) is 1. The molecule has 0 radical (unpaired) electrons. The highest BCUT2D eigenvalue weighted by Gasteiger charge is 2.29. The maximum absolute atomic E-state index is 12.8. The predicted molar refractivity (Wildman–Crippen MR) is 106 cm³/mol. The second kappa shape index (κ2) is 6.94. The number of aromatic nitrogens is 2. The van der Waals surface area contributed by atoms with Crippen molar-refractivity contribution in [3.63, 3.8) is 0 Å². The lowest BCUT2D eigenvalue weighted by molar-refractivity contribution is -0.116. The minimum Gasteiger partial charge on any atom is -0.325 e. The molecule has 1 heterocycles. The predicted octanol–water partition coefficient (Wildman–Crippen LogP) is 2.27. The average molecular weight is 387 g/mol. The molecule has 0 saturated heterocycles. The normalized spacial score (nSPS) is 12.3. The molecule has 3 aromatic rings. The first-order valence-corrected chi connectivity index (χ1v) is 9.02. The first kappa shape index (κ1) is 18.5. The van der Waals surface area contributed by atoms with Gasteiger partial charge in [0.25, 0.3) is 5.56 Å². The maximum Gasteiger partial charge on any atom is 0.254 e. The van der Waals surface area contributed by atoms with Crippen molar-refractivity contribution in [3.05, 3.63) is 92.7 Å². The number of benzene rings is 2. The summed E-state index contributed by atoms with van der Waals surface area (Å²) in [5.74, 6) is -0.481. The van der Waals surface area contributed by atoms with E-state index in [0.717, 1.165) is 0 Å². The van der Waals surface area contributed by atoms with Gasteiger partial charge in [0.15, 0.2) is 11.6 Å². The molecule has 29 heavy (non-hydrogen) atoms. The van der Waals surface area contributed by atoms with Crippen LogP contribution in [-0.4, -0.2) is 27.0 Å². The second-order valence-electron chi connectivity index (χ2n) is 6.88. The fourth-order valence-electron chi connectivity index (χ4n) is 3.48. The van der Waals surface area contributed by atoms with Crippen LogP contribution in [0.15, 0.2) is 53.3 Å². The van der Waals surface area contributed by atoms with E-state index in [2.05, 4.69) is 10.3 Å². The summed E-state index contributed by atoms with van der Waals surface area (Å²) < 4.78 is 1.27. The molecule has 0 unspecified atom stereocenters. The highest BCUT2D eigenvalue weighted by Crippen LogP contribution is 2.29. The topological polar surface area (TPSA) is 98.1 Å². The van der Waals surface area contributed by atoms with Crippen LogP contribution in [0.25, 0.3) is 0 Å². The van der Waals surface area contributed by atoms with E-state index in [1.54, 1.807) is 44.2 Å². The number of amides is 1. The van der Waals surface area contributed by atoms with Crippen molar-refractivity contribution in [1.82, 2.24) is 9.55 Å². The molecule has 1 N–H and O–H groups in total. The number of nitrogens with zero attached hydrogens (tertiary/aromatic N) is 2. The van der Waals surface area contributed by atoms with Gasteiger partial charge in [-0.2, -0.15) is 0 Å². The third-order valence-electron chi connectivity index (χ3n) is 4.84. The molecular formula is C22H17N3O4. The molecule has 0 saturated carbocycles. The number of nitrogens with one attached hydrogen (secondary N) is 1. The van der Waals surface area contributed by atoms with E-state index in [9.17, 15) is 19.2 Å². The first-order chi connectivity index (χ1) is 13.8. The number of carbonyl (C=O) groups is 3. The summed E-state index contributed by atoms with van der Waals surface area (Å²) in [5.41, 5.74) is 1.93. The van der Waals surface area contributed by atoms with Gasteiger partial charge in [0.05, 0.1) is 0 Å². The van der Waals surface area contributed by atoms with E-state index in [-0.39, 0.29) is 29.2 Å². The Hall–Kier alpha value is -3.87. The van der Waals surface area contributed by atoms with Crippen LogP contribution in [0.2, 0.25) is 0 Å². The Morgan fingerprint density at radius 2 is 1.52 bits per heavy atom. The standard InChI is InChI=1S/C22H17N3O4/c1-12-9-20(27)25(13(2)23-12)11-19(26)24-14-7-8-17-18(10-14)22(29)16-6-4-3-5-15(16)21(17)28/h3-10H,11H2,1-2H3,(H,24,26). The van der Waals surface area contributed by atoms with E-state index >= 15 is 0 Å². The molecule has 0 atom stereocenters. The SMILES string of the molecule is Cc1cc(=O)n(CC(=O)Nc2ccc3c(c2)C(=O)c2ccccc2C3=O)c(C)n1. The second-order valence-corrected chi connectivity index (χ2v) is 6.88. The van der Waals surface area contributed by atoms with Crippen molar-refractivity contribution in [2.24, 2.45) is 0 Å². The van der Waals surface area contributed by atoms with Crippen molar-refractivity contribution < 1.29 is 14.4 Å². The largest absolute Gasteiger partial charge is 0.325 e. The van der Waals surface area contributed by atoms with Gasteiger partial charge < -0.3 is 5.32 Å². The van der Waals surface area contributed by atoms with E-state index in [1.165, 1.54) is 22.8 Å². The molecule has 1 aromatic heterocycles. The lowest BCUT2D eigenvalue weighted by Gasteiger charge is -2.18. The third-order valence-corrected chi connectivity index (χ3v) is 4.84. The van der Waals surface area contributed by atoms with Crippen LogP contribution >= 0.6 is 0 Å². The van der Waals surface area contributed by atoms with Crippen molar-refractivity contribution in [2.45, 2.75) is 20.4 Å². The molecule has 7 heteroatoms. The molecule has 144 valence electrons. The van der Waals surface area contributed by atoms with Gasteiger partial charge in [0.2, 0.25) is 5.91 Å². The van der Waals surface area contributed by atoms with E-state index in [4.69, 9.17) is 0 Å². The number of fused-ring (bicyclic) bond motifs is 2. The Morgan fingerprint density at radius 3 is 2.17 bits per heavy atom. The summed E-state index contributed by atoms with van der Waals surface area (Å²) in [6.45, 7) is 3.16. The van der Waals surface area contributed by atoms with E-state index < -0.39 is 5.91 Å². The highest BCUT2D eigenvalue weighted by molar-refractivity contribution is 6.28. The molecule has 0 bridgehead atoms. The summed E-state index contributed by atoms with van der Waals surface area (Å²) in [7, 11) is 0. The molecule has 0 aliphatic heterocycles. The Balaban J connectivity index is 1.60. The van der Waals surface area contributed by atoms with Gasteiger partial charge in [-0.1, -0.05) is 24.3 Å². The summed E-state index contributed by atoms with van der Waals surface area (Å²) in [6.07, 6.45) is 0. The molecule has 1 aliphatic carbocycles. The van der Waals surface area contributed by atoms with Gasteiger partial charge in [-0.3, -0.25) is 23.7 Å². The van der Waals surface area contributed by atoms with Crippen LogP contribution in [-0.2, 0) is 11.3 Å². The smallest absolute Gasteiger partial charge is 0.254 e. The Bertz CT molecular complexity index is 1260. The van der Waals surface area contributed by atoms with Crippen molar-refractivity contribution >= 4 is 23.2 Å². The van der Waals surface area contributed by atoms with Crippen molar-refractivity contribution in [1.29, 1.82) is 0 Å². The zero-order valence-corrected chi connectivity index (χ0v) is 15.9. The Kier molecular flexibility index (Phi) is 4.43. The lowest BCUT2D eigenvalue weighted by atomic mass is 9.84. The minimum atomic E-state index is -0.434. The molecular weight excluding hydrogens is 370 g/mol. The molecule has 4 rings (SSSR count). The lowest BCUT2D eigenvalue weighted by Crippen LogP contribution is -2.30. The highest BCUT2D eigenvalue weighted by atomic mass is 16.2. The van der Waals surface area contributed by atoms with Gasteiger partial charge in [0.1, 0.15) is 12.4 Å². The minimum absolute atomic E-state index is 0.204. The van der Waals surface area contributed by atoms with E-state index in [1.807, 2.05) is 0 Å². The summed E-state index contributed by atoms with van der Waals surface area (Å²) in [4.78, 5) is 54.2. The van der Waals surface area contributed by atoms with Crippen LogP contribution in [0.5, 0.6) is 0 Å². The van der Waals surface area contributed by atoms with Crippen molar-refractivity contribution in [3.8, 4) is 0 Å². The molecule has 0 spiro atoms. The van der Waals surface area contributed by atoms with Crippen LogP contribution < -0.4 is 10.9 Å². The third kappa shape index (κ3) is 3.27. The molecule has 1 aliphatic rings. The molecule has 2 aromatic carbocycles. The summed E-state index contributed by atoms with van der Waals surface area (Å²) in [5, 5.41) is 2.68. The van der Waals surface area contributed by atoms with Gasteiger partial charge >= 0.3 is 0 Å². The summed E-state index contributed by atoms with van der Waals surface area (Å²) in [6, 6.07) is 12.6. The number of carbonyl (C=O) groups excluding carboxylic acids is 3. The zero-order valence-electron chi connectivity index (χ0n) is 15.9. The van der Waals surface area contributed by atoms with Crippen LogP contribution in [0.3, 0.4) is 0 Å². The van der Waals surface area contributed by atoms with Crippen LogP contribution in [0.4, 0.5) is 5.69 Å². The number of rotatable bonds is 3. The van der Waals surface area contributed by atoms with Gasteiger partial charge in [-0.05, 0) is 32.0 Å². The van der Waals surface area contributed by atoms with E-state index in [0.29, 0.717) is 33.9 Å². The van der Waals surface area contributed by atoms with Gasteiger partial charge in [-0.25, -0.2) is 4.98 Å². The summed E-state index contributed by atoms with van der Waals surface area (Å²) >= 11 is 0. The van der Waals surface area contributed by atoms with Gasteiger partial charge in [0, 0.05) is 39.7 Å².